The normalized spacial score (nSPS) is 10.6. The van der Waals surface area contributed by atoms with Crippen LogP contribution in [0.25, 0.3) is 0 Å². The SMILES string of the molecule is CCNCc1cnc(Oc2c(C)ccc(C)c2C)nc1. The number of hydrogen-bond acceptors (Lipinski definition) is 4. The molecule has 0 bridgehead atoms. The maximum absolute atomic E-state index is 5.84. The summed E-state index contributed by atoms with van der Waals surface area (Å²) in [7, 11) is 0. The molecule has 106 valence electrons. The Labute approximate surface area is 120 Å². The summed E-state index contributed by atoms with van der Waals surface area (Å²) in [5, 5.41) is 3.24. The number of aryl methyl sites for hydroxylation is 2. The van der Waals surface area contributed by atoms with Crippen LogP contribution in [0.2, 0.25) is 0 Å². The highest BCUT2D eigenvalue weighted by atomic mass is 16.5. The molecule has 4 nitrogen and oxygen atoms in total. The molecule has 0 saturated carbocycles. The number of aromatic nitrogens is 2. The summed E-state index contributed by atoms with van der Waals surface area (Å²) >= 11 is 0. The van der Waals surface area contributed by atoms with E-state index in [9.17, 15) is 0 Å². The summed E-state index contributed by atoms with van der Waals surface area (Å²) in [6, 6.07) is 4.54. The quantitative estimate of drug-likeness (QED) is 0.906. The van der Waals surface area contributed by atoms with Crippen LogP contribution in [0.5, 0.6) is 11.8 Å². The van der Waals surface area contributed by atoms with Crippen LogP contribution in [0.1, 0.15) is 29.2 Å². The molecule has 0 aliphatic rings. The summed E-state index contributed by atoms with van der Waals surface area (Å²) in [5.41, 5.74) is 4.48. The van der Waals surface area contributed by atoms with Crippen LogP contribution in [-0.2, 0) is 6.54 Å². The zero-order chi connectivity index (χ0) is 14.5. The van der Waals surface area contributed by atoms with E-state index in [0.29, 0.717) is 6.01 Å². The van der Waals surface area contributed by atoms with Gasteiger partial charge in [0.15, 0.2) is 0 Å². The van der Waals surface area contributed by atoms with E-state index in [4.69, 9.17) is 4.74 Å². The third kappa shape index (κ3) is 3.33. The summed E-state index contributed by atoms with van der Waals surface area (Å²) < 4.78 is 5.84. The highest BCUT2D eigenvalue weighted by molar-refractivity contribution is 5.45. The molecule has 2 rings (SSSR count). The van der Waals surface area contributed by atoms with Gasteiger partial charge in [0.05, 0.1) is 0 Å². The zero-order valence-electron chi connectivity index (χ0n) is 12.5. The van der Waals surface area contributed by atoms with Crippen LogP contribution >= 0.6 is 0 Å². The minimum Gasteiger partial charge on any atom is -0.424 e. The van der Waals surface area contributed by atoms with E-state index >= 15 is 0 Å². The molecule has 4 heteroatoms. The Morgan fingerprint density at radius 3 is 2.35 bits per heavy atom. The number of nitrogens with one attached hydrogen (secondary N) is 1. The van der Waals surface area contributed by atoms with Crippen molar-refractivity contribution in [3.05, 3.63) is 46.8 Å². The molecule has 0 aliphatic heterocycles. The minimum atomic E-state index is 0.391. The molecular weight excluding hydrogens is 250 g/mol. The Balaban J connectivity index is 2.16. The predicted octanol–water partition coefficient (Wildman–Crippen LogP) is 3.30. The second-order valence-corrected chi connectivity index (χ2v) is 4.91. The Morgan fingerprint density at radius 2 is 1.70 bits per heavy atom. The number of benzene rings is 1. The zero-order valence-corrected chi connectivity index (χ0v) is 12.5. The highest BCUT2D eigenvalue weighted by Crippen LogP contribution is 2.28. The first kappa shape index (κ1) is 14.5. The first-order chi connectivity index (χ1) is 9.61. The first-order valence-electron chi connectivity index (χ1n) is 6.88. The number of nitrogens with zero attached hydrogens (tertiary/aromatic N) is 2. The van der Waals surface area contributed by atoms with Gasteiger partial charge in [-0.3, -0.25) is 0 Å². The van der Waals surface area contributed by atoms with Gasteiger partial charge >= 0.3 is 6.01 Å². The summed E-state index contributed by atoms with van der Waals surface area (Å²) in [5.74, 6) is 0.851. The van der Waals surface area contributed by atoms with Crippen LogP contribution in [-0.4, -0.2) is 16.5 Å². The van der Waals surface area contributed by atoms with Gasteiger partial charge in [-0.1, -0.05) is 19.1 Å². The van der Waals surface area contributed by atoms with Crippen molar-refractivity contribution in [3.63, 3.8) is 0 Å². The van der Waals surface area contributed by atoms with Crippen LogP contribution in [0.3, 0.4) is 0 Å². The standard InChI is InChI=1S/C16H21N3O/c1-5-17-8-14-9-18-16(19-10-14)20-15-12(3)7-6-11(2)13(15)4/h6-7,9-10,17H,5,8H2,1-4H3. The van der Waals surface area contributed by atoms with E-state index in [-0.39, 0.29) is 0 Å². The lowest BCUT2D eigenvalue weighted by Gasteiger charge is -2.12. The molecule has 0 saturated heterocycles. The van der Waals surface area contributed by atoms with Gasteiger partial charge < -0.3 is 10.1 Å². The lowest BCUT2D eigenvalue weighted by molar-refractivity contribution is 0.434. The number of hydrogen-bond donors (Lipinski definition) is 1. The molecule has 0 amide bonds. The van der Waals surface area contributed by atoms with Gasteiger partial charge in [0.1, 0.15) is 5.75 Å². The monoisotopic (exact) mass is 271 g/mol. The van der Waals surface area contributed by atoms with Crippen molar-refractivity contribution >= 4 is 0 Å². The molecule has 0 spiro atoms. The van der Waals surface area contributed by atoms with E-state index in [0.717, 1.165) is 35.5 Å². The topological polar surface area (TPSA) is 47.0 Å². The van der Waals surface area contributed by atoms with Gasteiger partial charge in [-0.05, 0) is 44.0 Å². The third-order valence-corrected chi connectivity index (χ3v) is 3.33. The average molecular weight is 271 g/mol. The van der Waals surface area contributed by atoms with Crippen LogP contribution in [0.15, 0.2) is 24.5 Å². The predicted molar refractivity (Wildman–Crippen MR) is 80.1 cm³/mol. The minimum absolute atomic E-state index is 0.391. The van der Waals surface area contributed by atoms with Crippen molar-refractivity contribution in [3.8, 4) is 11.8 Å². The number of ether oxygens (including phenoxy) is 1. The molecule has 1 heterocycles. The summed E-state index contributed by atoms with van der Waals surface area (Å²) in [6.45, 7) is 9.93. The molecule has 0 radical (unpaired) electrons. The van der Waals surface area contributed by atoms with Crippen molar-refractivity contribution in [1.82, 2.24) is 15.3 Å². The van der Waals surface area contributed by atoms with Gasteiger partial charge in [-0.2, -0.15) is 0 Å². The van der Waals surface area contributed by atoms with Crippen molar-refractivity contribution in [2.75, 3.05) is 6.54 Å². The van der Waals surface area contributed by atoms with E-state index in [1.807, 2.05) is 6.92 Å². The number of rotatable bonds is 5. The van der Waals surface area contributed by atoms with Crippen LogP contribution < -0.4 is 10.1 Å². The van der Waals surface area contributed by atoms with Crippen LogP contribution in [0, 0.1) is 20.8 Å². The molecule has 1 aromatic heterocycles. The summed E-state index contributed by atoms with van der Waals surface area (Å²) in [6.07, 6.45) is 3.59. The van der Waals surface area contributed by atoms with Crippen molar-refractivity contribution in [1.29, 1.82) is 0 Å². The average Bonchev–Trinajstić information content (AvgIpc) is 2.47. The lowest BCUT2D eigenvalue weighted by atomic mass is 10.1. The molecule has 1 N–H and O–H groups in total. The van der Waals surface area contributed by atoms with Gasteiger partial charge in [-0.25, -0.2) is 9.97 Å². The Bertz CT molecular complexity index is 579. The van der Waals surface area contributed by atoms with E-state index in [1.165, 1.54) is 5.56 Å². The summed E-state index contributed by atoms with van der Waals surface area (Å²) in [4.78, 5) is 8.53. The molecule has 0 aliphatic carbocycles. The molecule has 0 atom stereocenters. The van der Waals surface area contributed by atoms with Crippen molar-refractivity contribution in [2.45, 2.75) is 34.2 Å². The van der Waals surface area contributed by atoms with Gasteiger partial charge in [0.25, 0.3) is 0 Å². The van der Waals surface area contributed by atoms with E-state index in [2.05, 4.69) is 48.2 Å². The van der Waals surface area contributed by atoms with Gasteiger partial charge in [0.2, 0.25) is 0 Å². The molecule has 0 unspecified atom stereocenters. The highest BCUT2D eigenvalue weighted by Gasteiger charge is 2.09. The Kier molecular flexibility index (Phi) is 4.69. The lowest BCUT2D eigenvalue weighted by Crippen LogP contribution is -2.12. The molecule has 0 fully saturated rings. The largest absolute Gasteiger partial charge is 0.424 e. The maximum atomic E-state index is 5.84. The molecular formula is C16H21N3O. The Morgan fingerprint density at radius 1 is 1.05 bits per heavy atom. The second kappa shape index (κ2) is 6.48. The fourth-order valence-electron chi connectivity index (χ4n) is 1.93. The molecule has 2 aromatic rings. The maximum Gasteiger partial charge on any atom is 0.321 e. The Hall–Kier alpha value is -1.94. The fraction of sp³-hybridized carbons (Fsp3) is 0.375. The smallest absolute Gasteiger partial charge is 0.321 e. The molecule has 20 heavy (non-hydrogen) atoms. The van der Waals surface area contributed by atoms with Gasteiger partial charge in [-0.15, -0.1) is 0 Å². The van der Waals surface area contributed by atoms with Crippen LogP contribution in [0.4, 0.5) is 0 Å². The third-order valence-electron chi connectivity index (χ3n) is 3.33. The fourth-order valence-corrected chi connectivity index (χ4v) is 1.93. The van der Waals surface area contributed by atoms with Gasteiger partial charge in [0, 0.05) is 24.5 Å². The van der Waals surface area contributed by atoms with E-state index in [1.54, 1.807) is 12.4 Å². The second-order valence-electron chi connectivity index (χ2n) is 4.91. The molecule has 1 aromatic carbocycles. The van der Waals surface area contributed by atoms with Crippen molar-refractivity contribution in [2.24, 2.45) is 0 Å². The van der Waals surface area contributed by atoms with Crippen molar-refractivity contribution < 1.29 is 4.74 Å². The van der Waals surface area contributed by atoms with E-state index < -0.39 is 0 Å². The first-order valence-corrected chi connectivity index (χ1v) is 6.88.